The lowest BCUT2D eigenvalue weighted by Crippen LogP contribution is -2.27. The zero-order chi connectivity index (χ0) is 12.5. The molecule has 0 aliphatic carbocycles. The van der Waals surface area contributed by atoms with E-state index in [9.17, 15) is 10.2 Å². The van der Waals surface area contributed by atoms with E-state index in [1.165, 1.54) is 17.1 Å². The van der Waals surface area contributed by atoms with Crippen LogP contribution in [0.3, 0.4) is 0 Å². The molecule has 2 heterocycles. The van der Waals surface area contributed by atoms with Gasteiger partial charge in [-0.2, -0.15) is 5.10 Å². The number of rotatable bonds is 3. The Morgan fingerprint density at radius 2 is 1.94 bits per heavy atom. The molecule has 0 aromatic carbocycles. The zero-order valence-corrected chi connectivity index (χ0v) is 9.70. The fourth-order valence-electron chi connectivity index (χ4n) is 1.62. The van der Waals surface area contributed by atoms with Gasteiger partial charge in [-0.1, -0.05) is 0 Å². The second kappa shape index (κ2) is 4.23. The van der Waals surface area contributed by atoms with Gasteiger partial charge in [0.1, 0.15) is 5.69 Å². The largest absolute Gasteiger partial charge is 0.390 e. The van der Waals surface area contributed by atoms with Crippen LogP contribution < -0.4 is 0 Å². The Morgan fingerprint density at radius 1 is 1.24 bits per heavy atom. The molecular formula is C11H14N4O2. The standard InChI is InChI=1S/C11H14N4O2/c1-11(2,17)15-9(3-4-14-15)10-8(7-16)12-5-6-13-10/h3-6,16-17H,7H2,1-2H3. The molecule has 2 N–H and O–H groups in total. The summed E-state index contributed by atoms with van der Waals surface area (Å²) in [6.45, 7) is 3.04. The average Bonchev–Trinajstić information content (AvgIpc) is 2.77. The lowest BCUT2D eigenvalue weighted by atomic mass is 10.2. The summed E-state index contributed by atoms with van der Waals surface area (Å²) < 4.78 is 1.44. The van der Waals surface area contributed by atoms with E-state index in [0.29, 0.717) is 17.1 Å². The van der Waals surface area contributed by atoms with Crippen molar-refractivity contribution in [2.75, 3.05) is 0 Å². The van der Waals surface area contributed by atoms with Crippen molar-refractivity contribution >= 4 is 0 Å². The van der Waals surface area contributed by atoms with Crippen LogP contribution in [0, 0.1) is 0 Å². The van der Waals surface area contributed by atoms with Crippen molar-refractivity contribution < 1.29 is 10.2 Å². The third kappa shape index (κ3) is 2.17. The highest BCUT2D eigenvalue weighted by Gasteiger charge is 2.22. The van der Waals surface area contributed by atoms with Crippen molar-refractivity contribution in [3.8, 4) is 11.4 Å². The second-order valence-corrected chi connectivity index (χ2v) is 4.13. The molecule has 0 unspecified atom stereocenters. The summed E-state index contributed by atoms with van der Waals surface area (Å²) in [5.41, 5.74) is 0.464. The highest BCUT2D eigenvalue weighted by Crippen LogP contribution is 2.23. The van der Waals surface area contributed by atoms with Gasteiger partial charge in [0, 0.05) is 18.6 Å². The van der Waals surface area contributed by atoms with E-state index in [0.717, 1.165) is 0 Å². The van der Waals surface area contributed by atoms with E-state index in [1.54, 1.807) is 26.1 Å². The van der Waals surface area contributed by atoms with E-state index in [1.807, 2.05) is 0 Å². The molecule has 0 saturated heterocycles. The van der Waals surface area contributed by atoms with Crippen LogP contribution >= 0.6 is 0 Å². The van der Waals surface area contributed by atoms with Gasteiger partial charge in [0.05, 0.1) is 18.0 Å². The Morgan fingerprint density at radius 3 is 2.59 bits per heavy atom. The first-order valence-electron chi connectivity index (χ1n) is 5.22. The van der Waals surface area contributed by atoms with Gasteiger partial charge >= 0.3 is 0 Å². The molecule has 2 aromatic heterocycles. The number of hydrogen-bond donors (Lipinski definition) is 2. The van der Waals surface area contributed by atoms with Crippen molar-refractivity contribution in [3.05, 3.63) is 30.4 Å². The average molecular weight is 234 g/mol. The Balaban J connectivity index is 2.58. The molecule has 6 heteroatoms. The molecule has 2 aromatic rings. The molecule has 0 amide bonds. The maximum atomic E-state index is 9.97. The van der Waals surface area contributed by atoms with Gasteiger partial charge in [0.2, 0.25) is 0 Å². The summed E-state index contributed by atoms with van der Waals surface area (Å²) in [4.78, 5) is 8.21. The highest BCUT2D eigenvalue weighted by atomic mass is 16.3. The minimum absolute atomic E-state index is 0.208. The van der Waals surface area contributed by atoms with Crippen LogP contribution in [-0.4, -0.2) is 30.0 Å². The first-order chi connectivity index (χ1) is 8.04. The van der Waals surface area contributed by atoms with Crippen LogP contribution in [0.2, 0.25) is 0 Å². The molecule has 0 bridgehead atoms. The van der Waals surface area contributed by atoms with Crippen LogP contribution in [0.15, 0.2) is 24.7 Å². The number of aromatic nitrogens is 4. The summed E-state index contributed by atoms with van der Waals surface area (Å²) in [5.74, 6) is 0. The molecule has 0 aliphatic heterocycles. The monoisotopic (exact) mass is 234 g/mol. The van der Waals surface area contributed by atoms with Gasteiger partial charge in [0.15, 0.2) is 5.72 Å². The van der Waals surface area contributed by atoms with Crippen molar-refractivity contribution in [1.29, 1.82) is 0 Å². The summed E-state index contributed by atoms with van der Waals surface area (Å²) in [6, 6.07) is 1.72. The molecule has 2 rings (SSSR count). The molecule has 0 atom stereocenters. The van der Waals surface area contributed by atoms with E-state index >= 15 is 0 Å². The predicted octanol–water partition coefficient (Wildman–Crippen LogP) is 0.517. The van der Waals surface area contributed by atoms with Crippen LogP contribution in [-0.2, 0) is 12.3 Å². The number of aliphatic hydroxyl groups excluding tert-OH is 1. The van der Waals surface area contributed by atoms with Crippen molar-refractivity contribution in [2.45, 2.75) is 26.2 Å². The first kappa shape index (κ1) is 11.7. The van der Waals surface area contributed by atoms with Gasteiger partial charge in [-0.3, -0.25) is 9.97 Å². The van der Waals surface area contributed by atoms with Crippen molar-refractivity contribution in [2.24, 2.45) is 0 Å². The zero-order valence-electron chi connectivity index (χ0n) is 9.70. The normalized spacial score (nSPS) is 11.8. The lowest BCUT2D eigenvalue weighted by Gasteiger charge is -2.21. The Bertz CT molecular complexity index is 516. The molecule has 17 heavy (non-hydrogen) atoms. The molecule has 6 nitrogen and oxygen atoms in total. The fourth-order valence-corrected chi connectivity index (χ4v) is 1.62. The molecule has 90 valence electrons. The number of hydrogen-bond acceptors (Lipinski definition) is 5. The van der Waals surface area contributed by atoms with E-state index < -0.39 is 5.72 Å². The maximum absolute atomic E-state index is 9.97. The lowest BCUT2D eigenvalue weighted by molar-refractivity contribution is -0.00869. The third-order valence-electron chi connectivity index (χ3n) is 2.33. The third-order valence-corrected chi connectivity index (χ3v) is 2.33. The van der Waals surface area contributed by atoms with Crippen LogP contribution in [0.5, 0.6) is 0 Å². The van der Waals surface area contributed by atoms with Crippen molar-refractivity contribution in [3.63, 3.8) is 0 Å². The quantitative estimate of drug-likeness (QED) is 0.808. The van der Waals surface area contributed by atoms with Gasteiger partial charge < -0.3 is 10.2 Å². The van der Waals surface area contributed by atoms with Crippen LogP contribution in [0.1, 0.15) is 19.5 Å². The summed E-state index contributed by atoms with van der Waals surface area (Å²) >= 11 is 0. The molecule has 0 fully saturated rings. The minimum atomic E-state index is -1.14. The maximum Gasteiger partial charge on any atom is 0.152 e. The Hall–Kier alpha value is -1.79. The van der Waals surface area contributed by atoms with E-state index in [4.69, 9.17) is 0 Å². The number of nitrogens with zero attached hydrogens (tertiary/aromatic N) is 4. The Labute approximate surface area is 98.6 Å². The summed E-state index contributed by atoms with van der Waals surface area (Å²) in [6.07, 6.45) is 4.62. The molecular weight excluding hydrogens is 220 g/mol. The van der Waals surface area contributed by atoms with Gasteiger partial charge in [-0.25, -0.2) is 4.68 Å². The summed E-state index contributed by atoms with van der Waals surface area (Å²) in [7, 11) is 0. The van der Waals surface area contributed by atoms with E-state index in [2.05, 4.69) is 15.1 Å². The molecule has 0 aliphatic rings. The van der Waals surface area contributed by atoms with E-state index in [-0.39, 0.29) is 6.61 Å². The smallest absolute Gasteiger partial charge is 0.152 e. The molecule has 0 radical (unpaired) electrons. The Kier molecular flexibility index (Phi) is 2.91. The first-order valence-corrected chi connectivity index (χ1v) is 5.22. The fraction of sp³-hybridized carbons (Fsp3) is 0.364. The second-order valence-electron chi connectivity index (χ2n) is 4.13. The van der Waals surface area contributed by atoms with Gasteiger partial charge in [-0.05, 0) is 19.9 Å². The SMILES string of the molecule is CC(C)(O)n1nccc1-c1nccnc1CO. The topological polar surface area (TPSA) is 84.1 Å². The minimum Gasteiger partial charge on any atom is -0.390 e. The van der Waals surface area contributed by atoms with Crippen LogP contribution in [0.25, 0.3) is 11.4 Å². The van der Waals surface area contributed by atoms with Gasteiger partial charge in [-0.15, -0.1) is 0 Å². The molecule has 0 saturated carbocycles. The van der Waals surface area contributed by atoms with Crippen molar-refractivity contribution in [1.82, 2.24) is 19.7 Å². The van der Waals surface area contributed by atoms with Crippen LogP contribution in [0.4, 0.5) is 0 Å². The molecule has 0 spiro atoms. The highest BCUT2D eigenvalue weighted by molar-refractivity contribution is 5.56. The predicted molar refractivity (Wildman–Crippen MR) is 60.7 cm³/mol. The number of aliphatic hydroxyl groups is 2. The van der Waals surface area contributed by atoms with Gasteiger partial charge in [0.25, 0.3) is 0 Å². The summed E-state index contributed by atoms with van der Waals surface area (Å²) in [5, 5.41) is 23.2.